The lowest BCUT2D eigenvalue weighted by Crippen LogP contribution is -2.62. The molecule has 2 saturated heterocycles. The van der Waals surface area contributed by atoms with Crippen LogP contribution in [0.2, 0.25) is 0 Å². The molecule has 0 aromatic heterocycles. The van der Waals surface area contributed by atoms with Crippen LogP contribution in [0, 0.1) is 0 Å². The van der Waals surface area contributed by atoms with Gasteiger partial charge in [-0.2, -0.15) is 0 Å². The molecule has 7 N–H and O–H groups in total. The van der Waals surface area contributed by atoms with E-state index >= 15 is 0 Å². The third-order valence-corrected chi connectivity index (χ3v) is 9.03. The third kappa shape index (κ3) is 13.6. The summed E-state index contributed by atoms with van der Waals surface area (Å²) in [7, 11) is 0. The van der Waals surface area contributed by atoms with E-state index in [-0.39, 0.29) is 6.42 Å². The van der Waals surface area contributed by atoms with Crippen molar-refractivity contribution in [1.82, 2.24) is 0 Å². The Balaban J connectivity index is 1.54. The molecule has 0 unspecified atom stereocenters. The van der Waals surface area contributed by atoms with Crippen molar-refractivity contribution in [2.24, 2.45) is 0 Å². The van der Waals surface area contributed by atoms with Crippen molar-refractivity contribution in [2.45, 2.75) is 184 Å². The highest BCUT2D eigenvalue weighted by molar-refractivity contribution is 5.69. The van der Waals surface area contributed by atoms with Crippen molar-refractivity contribution in [3.63, 3.8) is 0 Å². The Labute approximate surface area is 269 Å². The van der Waals surface area contributed by atoms with E-state index in [0.29, 0.717) is 6.42 Å². The molecule has 0 saturated carbocycles. The van der Waals surface area contributed by atoms with Crippen molar-refractivity contribution in [3.05, 3.63) is 0 Å². The van der Waals surface area contributed by atoms with E-state index in [2.05, 4.69) is 6.92 Å². The summed E-state index contributed by atoms with van der Waals surface area (Å²) in [5, 5.41) is 70.6. The van der Waals surface area contributed by atoms with Gasteiger partial charge in [-0.1, -0.05) is 116 Å². The molecule has 0 aliphatic carbocycles. The van der Waals surface area contributed by atoms with Gasteiger partial charge in [0.1, 0.15) is 55.9 Å². The van der Waals surface area contributed by atoms with Crippen LogP contribution in [0.3, 0.4) is 0 Å². The molecule has 12 heteroatoms. The number of carbonyl (C=O) groups is 1. The highest BCUT2D eigenvalue weighted by Gasteiger charge is 2.58. The lowest BCUT2D eigenvalue weighted by molar-refractivity contribution is -0.383. The third-order valence-electron chi connectivity index (χ3n) is 9.03. The molecule has 2 rings (SSSR count). The van der Waals surface area contributed by atoms with E-state index in [0.717, 1.165) is 19.3 Å². The Kier molecular flexibility index (Phi) is 20.2. The van der Waals surface area contributed by atoms with Crippen molar-refractivity contribution in [2.75, 3.05) is 19.8 Å². The number of carbonyl (C=O) groups excluding carboxylic acids is 1. The summed E-state index contributed by atoms with van der Waals surface area (Å²) in [5.74, 6) is -2.76. The summed E-state index contributed by atoms with van der Waals surface area (Å²) in [6, 6.07) is 0. The van der Waals surface area contributed by atoms with Crippen LogP contribution in [0.4, 0.5) is 0 Å². The van der Waals surface area contributed by atoms with Crippen LogP contribution in [0.1, 0.15) is 129 Å². The average molecular weight is 651 g/mol. The first-order chi connectivity index (χ1) is 21.7. The Morgan fingerprint density at radius 1 is 0.644 bits per heavy atom. The Hall–Kier alpha value is -0.930. The largest absolute Gasteiger partial charge is 0.463 e. The number of ether oxygens (including phenoxy) is 4. The molecule has 9 atom stereocenters. The van der Waals surface area contributed by atoms with Crippen LogP contribution in [0.25, 0.3) is 0 Å². The van der Waals surface area contributed by atoms with Gasteiger partial charge < -0.3 is 54.7 Å². The maximum absolute atomic E-state index is 12.3. The molecular weight excluding hydrogens is 588 g/mol. The number of hydrogen-bond donors (Lipinski definition) is 7. The molecule has 0 aromatic carbocycles. The molecule has 45 heavy (non-hydrogen) atoms. The van der Waals surface area contributed by atoms with Gasteiger partial charge in [-0.15, -0.1) is 0 Å². The van der Waals surface area contributed by atoms with Crippen LogP contribution < -0.4 is 0 Å². The molecule has 0 aromatic rings. The summed E-state index contributed by atoms with van der Waals surface area (Å²) < 4.78 is 21.5. The molecule has 12 nitrogen and oxygen atoms in total. The summed E-state index contributed by atoms with van der Waals surface area (Å²) in [4.78, 5) is 12.3. The lowest BCUT2D eigenvalue weighted by atomic mass is 9.99. The first-order valence-electron chi connectivity index (χ1n) is 17.5. The monoisotopic (exact) mass is 650 g/mol. The molecule has 0 spiro atoms. The standard InChI is InChI=1S/C33H62O12/c1-2-3-4-5-6-7-8-9-10-11-12-13-14-15-16-17-18-19-20-26(36)42-22-25-27(37)29(39)30(40)32(43-25)45-33(23-35)31(41)28(38)24(21-34)44-33/h24-25,27-32,34-35,37-41H,2-23H2,1H3/t24-,25-,27-,28-,29+,30-,31+,32-,33+/m1/s1. The smallest absolute Gasteiger partial charge is 0.305 e. The molecule has 2 fully saturated rings. The summed E-state index contributed by atoms with van der Waals surface area (Å²) >= 11 is 0. The zero-order chi connectivity index (χ0) is 33.1. The maximum atomic E-state index is 12.3. The number of aliphatic hydroxyl groups is 7. The van der Waals surface area contributed by atoms with E-state index in [1.54, 1.807) is 0 Å². The minimum Gasteiger partial charge on any atom is -0.463 e. The van der Waals surface area contributed by atoms with Gasteiger partial charge in [-0.25, -0.2) is 0 Å². The molecule has 2 aliphatic rings. The molecule has 0 bridgehead atoms. The zero-order valence-corrected chi connectivity index (χ0v) is 27.3. The second kappa shape index (κ2) is 22.6. The molecule has 2 heterocycles. The minimum absolute atomic E-state index is 0.195. The SMILES string of the molecule is CCCCCCCCCCCCCCCCCCCCC(=O)OC[C@H]1O[C@H](O[C@]2(CO)O[C@H](CO)[C@@H](O)[C@@H]2O)[C@H](O)[C@@H](O)[C@@H]1O. The van der Waals surface area contributed by atoms with E-state index in [9.17, 15) is 40.5 Å². The maximum Gasteiger partial charge on any atom is 0.305 e. The summed E-state index contributed by atoms with van der Waals surface area (Å²) in [6.07, 6.45) is 9.80. The fourth-order valence-corrected chi connectivity index (χ4v) is 6.04. The van der Waals surface area contributed by atoms with Gasteiger partial charge in [0.2, 0.25) is 5.79 Å². The van der Waals surface area contributed by atoms with Gasteiger partial charge in [0.15, 0.2) is 6.29 Å². The molecule has 2 aliphatic heterocycles. The van der Waals surface area contributed by atoms with Crippen molar-refractivity contribution < 1.29 is 59.5 Å². The van der Waals surface area contributed by atoms with Gasteiger partial charge >= 0.3 is 5.97 Å². The Morgan fingerprint density at radius 3 is 1.58 bits per heavy atom. The second-order valence-corrected chi connectivity index (χ2v) is 12.8. The Bertz CT molecular complexity index is 772. The quantitative estimate of drug-likeness (QED) is 0.0565. The topological polar surface area (TPSA) is 196 Å². The first-order valence-corrected chi connectivity index (χ1v) is 17.5. The predicted octanol–water partition coefficient (Wildman–Crippen LogP) is 2.59. The lowest BCUT2D eigenvalue weighted by Gasteiger charge is -2.43. The van der Waals surface area contributed by atoms with Crippen LogP contribution in [-0.4, -0.2) is 116 Å². The number of esters is 1. The van der Waals surface area contributed by atoms with Gasteiger partial charge in [-0.05, 0) is 6.42 Å². The van der Waals surface area contributed by atoms with E-state index in [1.807, 2.05) is 0 Å². The number of hydrogen-bond acceptors (Lipinski definition) is 12. The molecule has 0 amide bonds. The zero-order valence-electron chi connectivity index (χ0n) is 27.3. The number of rotatable bonds is 25. The van der Waals surface area contributed by atoms with Crippen LogP contribution in [0.15, 0.2) is 0 Å². The number of aliphatic hydroxyl groups excluding tert-OH is 7. The predicted molar refractivity (Wildman–Crippen MR) is 166 cm³/mol. The van der Waals surface area contributed by atoms with Gasteiger partial charge in [-0.3, -0.25) is 4.79 Å². The van der Waals surface area contributed by atoms with Crippen LogP contribution in [-0.2, 0) is 23.7 Å². The van der Waals surface area contributed by atoms with Gasteiger partial charge in [0.05, 0.1) is 6.61 Å². The highest BCUT2D eigenvalue weighted by atomic mass is 16.8. The first kappa shape index (κ1) is 40.2. The molecule has 266 valence electrons. The normalized spacial score (nSPS) is 31.8. The number of unbranched alkanes of at least 4 members (excludes halogenated alkanes) is 17. The fourth-order valence-electron chi connectivity index (χ4n) is 6.04. The van der Waals surface area contributed by atoms with Crippen molar-refractivity contribution in [1.29, 1.82) is 0 Å². The fraction of sp³-hybridized carbons (Fsp3) is 0.970. The van der Waals surface area contributed by atoms with E-state index < -0.39 is 80.6 Å². The van der Waals surface area contributed by atoms with E-state index in [1.165, 1.54) is 89.9 Å². The van der Waals surface area contributed by atoms with Crippen molar-refractivity contribution >= 4 is 5.97 Å². The molecular formula is C33H62O12. The van der Waals surface area contributed by atoms with Crippen LogP contribution >= 0.6 is 0 Å². The average Bonchev–Trinajstić information content (AvgIpc) is 3.28. The van der Waals surface area contributed by atoms with Gasteiger partial charge in [0, 0.05) is 6.42 Å². The second-order valence-electron chi connectivity index (χ2n) is 12.8. The van der Waals surface area contributed by atoms with Crippen LogP contribution in [0.5, 0.6) is 0 Å². The van der Waals surface area contributed by atoms with Gasteiger partial charge in [0.25, 0.3) is 0 Å². The Morgan fingerprint density at radius 2 is 1.13 bits per heavy atom. The van der Waals surface area contributed by atoms with E-state index in [4.69, 9.17) is 18.9 Å². The highest BCUT2D eigenvalue weighted by Crippen LogP contribution is 2.36. The minimum atomic E-state index is -2.27. The molecule has 0 radical (unpaired) electrons. The summed E-state index contributed by atoms with van der Waals surface area (Å²) in [6.45, 7) is 0.162. The summed E-state index contributed by atoms with van der Waals surface area (Å²) in [5.41, 5.74) is 0. The van der Waals surface area contributed by atoms with Crippen molar-refractivity contribution in [3.8, 4) is 0 Å².